The zero-order chi connectivity index (χ0) is 16.5. The van der Waals surface area contributed by atoms with E-state index in [4.69, 9.17) is 9.47 Å². The smallest absolute Gasteiger partial charge is 0.242 e. The molecule has 4 rings (SSSR count). The molecular formula is C17H16BrN3O3. The number of hydrogen-bond donors (Lipinski definition) is 3. The van der Waals surface area contributed by atoms with Crippen molar-refractivity contribution < 1.29 is 14.3 Å². The van der Waals surface area contributed by atoms with E-state index in [-0.39, 0.29) is 24.8 Å². The van der Waals surface area contributed by atoms with Gasteiger partial charge in [0.1, 0.15) is 6.04 Å². The molecule has 6 nitrogen and oxygen atoms in total. The maximum atomic E-state index is 12.5. The van der Waals surface area contributed by atoms with E-state index in [9.17, 15) is 4.79 Å². The Morgan fingerprint density at radius 2 is 1.88 bits per heavy atom. The van der Waals surface area contributed by atoms with Gasteiger partial charge in [0, 0.05) is 22.3 Å². The number of hydrogen-bond acceptors (Lipinski definition) is 5. The molecular weight excluding hydrogens is 374 g/mol. The molecule has 1 amide bonds. The fourth-order valence-electron chi connectivity index (χ4n) is 2.85. The standard InChI is InChI=1S/C17H16BrN3O3/c18-11-3-1-10(2-4-11)13-8-14(21-20-13)17(22)19-12-5-6-15-16(7-12)24-9-23-15/h1-7,13-14,20-21H,8-9H2,(H,19,22). The molecule has 2 aliphatic heterocycles. The fraction of sp³-hybridized carbons (Fsp3) is 0.235. The quantitative estimate of drug-likeness (QED) is 0.752. The van der Waals surface area contributed by atoms with Crippen molar-refractivity contribution in [3.05, 3.63) is 52.5 Å². The van der Waals surface area contributed by atoms with Gasteiger partial charge in [-0.05, 0) is 36.2 Å². The number of anilines is 1. The molecule has 7 heteroatoms. The van der Waals surface area contributed by atoms with E-state index >= 15 is 0 Å². The van der Waals surface area contributed by atoms with Crippen molar-refractivity contribution >= 4 is 27.5 Å². The molecule has 0 spiro atoms. The Morgan fingerprint density at radius 1 is 1.08 bits per heavy atom. The van der Waals surface area contributed by atoms with Crippen LogP contribution in [0.2, 0.25) is 0 Å². The van der Waals surface area contributed by atoms with Crippen molar-refractivity contribution in [2.24, 2.45) is 0 Å². The van der Waals surface area contributed by atoms with Crippen molar-refractivity contribution in [3.63, 3.8) is 0 Å². The first-order valence-corrected chi connectivity index (χ1v) is 8.45. The molecule has 1 saturated heterocycles. The van der Waals surface area contributed by atoms with Gasteiger partial charge in [-0.25, -0.2) is 10.9 Å². The maximum absolute atomic E-state index is 12.5. The molecule has 0 aliphatic carbocycles. The Morgan fingerprint density at radius 3 is 2.71 bits per heavy atom. The number of benzene rings is 2. The number of carbonyl (C=O) groups excluding carboxylic acids is 1. The second-order valence-electron chi connectivity index (χ2n) is 5.74. The highest BCUT2D eigenvalue weighted by Gasteiger charge is 2.30. The van der Waals surface area contributed by atoms with E-state index < -0.39 is 0 Å². The van der Waals surface area contributed by atoms with Crippen molar-refractivity contribution in [2.75, 3.05) is 12.1 Å². The van der Waals surface area contributed by atoms with Crippen molar-refractivity contribution in [1.82, 2.24) is 10.9 Å². The molecule has 2 aromatic rings. The van der Waals surface area contributed by atoms with Gasteiger partial charge in [-0.15, -0.1) is 0 Å². The Balaban J connectivity index is 1.39. The highest BCUT2D eigenvalue weighted by atomic mass is 79.9. The summed E-state index contributed by atoms with van der Waals surface area (Å²) in [6.45, 7) is 0.218. The monoisotopic (exact) mass is 389 g/mol. The predicted molar refractivity (Wildman–Crippen MR) is 92.8 cm³/mol. The van der Waals surface area contributed by atoms with E-state index in [1.54, 1.807) is 18.2 Å². The Kier molecular flexibility index (Phi) is 4.13. The summed E-state index contributed by atoms with van der Waals surface area (Å²) in [5.41, 5.74) is 8.08. The van der Waals surface area contributed by atoms with Crippen molar-refractivity contribution in [2.45, 2.75) is 18.5 Å². The molecule has 124 valence electrons. The minimum Gasteiger partial charge on any atom is -0.454 e. The molecule has 0 radical (unpaired) electrons. The molecule has 2 atom stereocenters. The minimum absolute atomic E-state index is 0.0824. The lowest BCUT2D eigenvalue weighted by atomic mass is 10.0. The summed E-state index contributed by atoms with van der Waals surface area (Å²) < 4.78 is 11.6. The fourth-order valence-corrected chi connectivity index (χ4v) is 3.11. The number of rotatable bonds is 3. The van der Waals surface area contributed by atoms with Crippen LogP contribution in [-0.2, 0) is 4.79 Å². The van der Waals surface area contributed by atoms with E-state index in [0.717, 1.165) is 10.0 Å². The van der Waals surface area contributed by atoms with Crippen LogP contribution in [0.15, 0.2) is 46.9 Å². The van der Waals surface area contributed by atoms with Crippen LogP contribution in [0, 0.1) is 0 Å². The van der Waals surface area contributed by atoms with Crippen LogP contribution in [0.4, 0.5) is 5.69 Å². The average molecular weight is 390 g/mol. The normalized spacial score (nSPS) is 21.7. The number of nitrogens with one attached hydrogen (secondary N) is 3. The second-order valence-corrected chi connectivity index (χ2v) is 6.65. The lowest BCUT2D eigenvalue weighted by Crippen LogP contribution is -2.39. The van der Waals surface area contributed by atoms with E-state index in [1.807, 2.05) is 24.3 Å². The Bertz CT molecular complexity index is 766. The largest absolute Gasteiger partial charge is 0.454 e. The van der Waals surface area contributed by atoms with Crippen LogP contribution in [0.1, 0.15) is 18.0 Å². The van der Waals surface area contributed by atoms with Crippen LogP contribution in [0.5, 0.6) is 11.5 Å². The van der Waals surface area contributed by atoms with Gasteiger partial charge in [0.2, 0.25) is 12.7 Å². The summed E-state index contributed by atoms with van der Waals surface area (Å²) in [7, 11) is 0. The summed E-state index contributed by atoms with van der Waals surface area (Å²) in [6, 6.07) is 13.3. The van der Waals surface area contributed by atoms with Crippen LogP contribution >= 0.6 is 15.9 Å². The van der Waals surface area contributed by atoms with E-state index in [2.05, 4.69) is 32.1 Å². The first kappa shape index (κ1) is 15.4. The third-order valence-electron chi connectivity index (χ3n) is 4.13. The van der Waals surface area contributed by atoms with Crippen LogP contribution in [-0.4, -0.2) is 18.7 Å². The molecule has 1 fully saturated rings. The number of fused-ring (bicyclic) bond motifs is 1. The van der Waals surface area contributed by atoms with Gasteiger partial charge in [0.15, 0.2) is 11.5 Å². The Hall–Kier alpha value is -2.09. The highest BCUT2D eigenvalue weighted by Crippen LogP contribution is 2.34. The maximum Gasteiger partial charge on any atom is 0.242 e. The van der Waals surface area contributed by atoms with Gasteiger partial charge in [-0.2, -0.15) is 0 Å². The molecule has 0 aromatic heterocycles. The van der Waals surface area contributed by atoms with E-state index in [1.165, 1.54) is 0 Å². The van der Waals surface area contributed by atoms with Gasteiger partial charge >= 0.3 is 0 Å². The number of carbonyl (C=O) groups is 1. The number of amides is 1. The molecule has 0 bridgehead atoms. The molecule has 2 unspecified atom stereocenters. The SMILES string of the molecule is O=C(Nc1ccc2c(c1)OCO2)C1CC(c2ccc(Br)cc2)NN1. The second kappa shape index (κ2) is 6.43. The summed E-state index contributed by atoms with van der Waals surface area (Å²) in [5, 5.41) is 2.91. The number of hydrazine groups is 1. The first-order valence-electron chi connectivity index (χ1n) is 7.66. The van der Waals surface area contributed by atoms with Gasteiger partial charge in [0.05, 0.1) is 0 Å². The third-order valence-corrected chi connectivity index (χ3v) is 4.66. The van der Waals surface area contributed by atoms with Crippen LogP contribution in [0.25, 0.3) is 0 Å². The molecule has 2 heterocycles. The van der Waals surface area contributed by atoms with Crippen molar-refractivity contribution in [3.8, 4) is 11.5 Å². The third kappa shape index (κ3) is 3.10. The summed E-state index contributed by atoms with van der Waals surface area (Å²) >= 11 is 3.43. The van der Waals surface area contributed by atoms with E-state index in [0.29, 0.717) is 23.6 Å². The molecule has 3 N–H and O–H groups in total. The number of halogens is 1. The average Bonchev–Trinajstić information content (AvgIpc) is 3.24. The van der Waals surface area contributed by atoms with Gasteiger partial charge in [-0.1, -0.05) is 28.1 Å². The van der Waals surface area contributed by atoms with Gasteiger partial charge in [-0.3, -0.25) is 4.79 Å². The molecule has 2 aromatic carbocycles. The van der Waals surface area contributed by atoms with Crippen LogP contribution in [0.3, 0.4) is 0 Å². The lowest BCUT2D eigenvalue weighted by molar-refractivity contribution is -0.117. The van der Waals surface area contributed by atoms with Gasteiger partial charge < -0.3 is 14.8 Å². The van der Waals surface area contributed by atoms with Gasteiger partial charge in [0.25, 0.3) is 0 Å². The zero-order valence-electron chi connectivity index (χ0n) is 12.7. The summed E-state index contributed by atoms with van der Waals surface area (Å²) in [6.07, 6.45) is 0.679. The minimum atomic E-state index is -0.302. The summed E-state index contributed by atoms with van der Waals surface area (Å²) in [5.74, 6) is 1.27. The molecule has 24 heavy (non-hydrogen) atoms. The summed E-state index contributed by atoms with van der Waals surface area (Å²) in [4.78, 5) is 12.5. The number of ether oxygens (including phenoxy) is 2. The first-order chi connectivity index (χ1) is 11.7. The van der Waals surface area contributed by atoms with Crippen molar-refractivity contribution in [1.29, 1.82) is 0 Å². The Labute approximate surface area is 147 Å². The predicted octanol–water partition coefficient (Wildman–Crippen LogP) is 2.72. The molecule has 2 aliphatic rings. The lowest BCUT2D eigenvalue weighted by Gasteiger charge is -2.11. The topological polar surface area (TPSA) is 71.6 Å². The molecule has 0 saturated carbocycles. The highest BCUT2D eigenvalue weighted by molar-refractivity contribution is 9.10. The zero-order valence-corrected chi connectivity index (χ0v) is 14.3. The van der Waals surface area contributed by atoms with Crippen LogP contribution < -0.4 is 25.6 Å².